The van der Waals surface area contributed by atoms with Gasteiger partial charge in [-0.05, 0) is 54.5 Å². The number of thiophene rings is 1. The van der Waals surface area contributed by atoms with Gasteiger partial charge in [0, 0.05) is 20.7 Å². The van der Waals surface area contributed by atoms with Gasteiger partial charge in [0.1, 0.15) is 0 Å². The Hall–Kier alpha value is -2.99. The number of carboxylic acids is 1. The van der Waals surface area contributed by atoms with Crippen LogP contribution in [-0.4, -0.2) is 17.0 Å². The minimum Gasteiger partial charge on any atom is -0.478 e. The minimum absolute atomic E-state index is 0.0181. The highest BCUT2D eigenvalue weighted by Gasteiger charge is 2.29. The second kappa shape index (κ2) is 6.96. The topological polar surface area (TPSA) is 57.6 Å². The number of fused-ring (bicyclic) bond motifs is 1. The molecule has 6 heteroatoms. The molecule has 0 bridgehead atoms. The summed E-state index contributed by atoms with van der Waals surface area (Å²) in [6.07, 6.45) is 1.15. The van der Waals surface area contributed by atoms with Crippen molar-refractivity contribution >= 4 is 39.0 Å². The zero-order valence-corrected chi connectivity index (χ0v) is 15.1. The van der Waals surface area contributed by atoms with Crippen molar-refractivity contribution in [2.45, 2.75) is 19.3 Å². The van der Waals surface area contributed by atoms with Crippen molar-refractivity contribution in [3.8, 4) is 10.4 Å². The van der Waals surface area contributed by atoms with Gasteiger partial charge < -0.3 is 5.11 Å². The number of carbonyl (C=O) groups excluding carboxylic acids is 1. The van der Waals surface area contributed by atoms with E-state index in [1.807, 2.05) is 18.2 Å². The third-order valence-corrected chi connectivity index (χ3v) is 5.88. The molecule has 1 N–H and O–H groups in total. The van der Waals surface area contributed by atoms with Gasteiger partial charge in [-0.1, -0.05) is 34.8 Å². The molecular formula is C21H16FNO3S. The first kappa shape index (κ1) is 17.4. The van der Waals surface area contributed by atoms with Gasteiger partial charge in [-0.25, -0.2) is 4.79 Å². The molecule has 4 nitrogen and oxygen atoms in total. The summed E-state index contributed by atoms with van der Waals surface area (Å²) >= 11 is 1.65. The Balaban J connectivity index is 1.59. The number of nitrogens with zero attached hydrogens (tertiary/aromatic N) is 1. The highest BCUT2D eigenvalue weighted by molar-refractivity contribution is 7.22. The van der Waals surface area contributed by atoms with Crippen LogP contribution in [0, 0.1) is 0 Å². The molecule has 0 saturated heterocycles. The molecule has 0 unspecified atom stereocenters. The lowest BCUT2D eigenvalue weighted by Crippen LogP contribution is -2.24. The van der Waals surface area contributed by atoms with E-state index in [2.05, 4.69) is 12.1 Å². The molecular weight excluding hydrogens is 365 g/mol. The first-order valence-corrected chi connectivity index (χ1v) is 9.41. The molecule has 0 aliphatic heterocycles. The highest BCUT2D eigenvalue weighted by atomic mass is 32.1. The number of hydrogen-bond donors (Lipinski definition) is 1. The molecule has 1 amide bonds. The molecule has 136 valence electrons. The first-order chi connectivity index (χ1) is 13.0. The number of anilines is 1. The number of hydrogen-bond acceptors (Lipinski definition) is 3. The van der Waals surface area contributed by atoms with Crippen molar-refractivity contribution in [1.29, 1.82) is 0 Å². The van der Waals surface area contributed by atoms with E-state index < -0.39 is 11.9 Å². The van der Waals surface area contributed by atoms with Gasteiger partial charge in [-0.2, -0.15) is 0 Å². The van der Waals surface area contributed by atoms with Crippen molar-refractivity contribution in [3.63, 3.8) is 0 Å². The average Bonchev–Trinajstić information content (AvgIpc) is 3.34. The summed E-state index contributed by atoms with van der Waals surface area (Å²) in [7, 11) is 0. The lowest BCUT2D eigenvalue weighted by Gasteiger charge is -2.13. The van der Waals surface area contributed by atoms with Crippen LogP contribution in [0.5, 0.6) is 0 Å². The van der Waals surface area contributed by atoms with Gasteiger partial charge in [-0.3, -0.25) is 4.79 Å². The van der Waals surface area contributed by atoms with Crippen LogP contribution in [-0.2, 0) is 9.59 Å². The third kappa shape index (κ3) is 3.24. The van der Waals surface area contributed by atoms with Crippen molar-refractivity contribution in [3.05, 3.63) is 65.7 Å². The maximum atomic E-state index is 14.6. The minimum atomic E-state index is -1.15. The van der Waals surface area contributed by atoms with Gasteiger partial charge in [0.15, 0.2) is 0 Å². The zero-order valence-electron chi connectivity index (χ0n) is 14.3. The maximum absolute atomic E-state index is 14.6. The molecule has 2 aromatic carbocycles. The van der Waals surface area contributed by atoms with E-state index in [-0.39, 0.29) is 22.0 Å². The van der Waals surface area contributed by atoms with Crippen molar-refractivity contribution in [2.75, 3.05) is 5.12 Å². The van der Waals surface area contributed by atoms with Gasteiger partial charge in [0.25, 0.3) is 5.91 Å². The van der Waals surface area contributed by atoms with E-state index in [1.165, 1.54) is 16.8 Å². The van der Waals surface area contributed by atoms with E-state index in [0.717, 1.165) is 15.8 Å². The molecule has 27 heavy (non-hydrogen) atoms. The van der Waals surface area contributed by atoms with Crippen LogP contribution in [0.2, 0.25) is 0 Å². The van der Waals surface area contributed by atoms with E-state index in [1.54, 1.807) is 23.5 Å². The van der Waals surface area contributed by atoms with E-state index in [0.29, 0.717) is 19.3 Å². The highest BCUT2D eigenvalue weighted by Crippen LogP contribution is 2.35. The van der Waals surface area contributed by atoms with Gasteiger partial charge in [-0.15, -0.1) is 16.5 Å². The van der Waals surface area contributed by atoms with Crippen LogP contribution in [0.4, 0.5) is 10.2 Å². The van der Waals surface area contributed by atoms with Crippen molar-refractivity contribution in [1.82, 2.24) is 0 Å². The van der Waals surface area contributed by atoms with Crippen LogP contribution >= 0.6 is 11.3 Å². The Kier molecular flexibility index (Phi) is 4.49. The van der Waals surface area contributed by atoms with Crippen molar-refractivity contribution < 1.29 is 19.2 Å². The summed E-state index contributed by atoms with van der Waals surface area (Å²) in [5.41, 5.74) is 1.10. The summed E-state index contributed by atoms with van der Waals surface area (Å²) in [6.45, 7) is 0. The molecule has 1 aliphatic carbocycles. The normalized spacial score (nSPS) is 14.0. The molecule has 4 rings (SSSR count). The molecule has 0 radical (unpaired) electrons. The maximum Gasteiger partial charge on any atom is 0.332 e. The van der Waals surface area contributed by atoms with Gasteiger partial charge in [0.05, 0.1) is 5.69 Å². The molecule has 1 aliphatic rings. The predicted octanol–water partition coefficient (Wildman–Crippen LogP) is 5.35. The Morgan fingerprint density at radius 1 is 1.00 bits per heavy atom. The fraction of sp³-hybridized carbons (Fsp3) is 0.143. The Labute approximate surface area is 159 Å². The fourth-order valence-electron chi connectivity index (χ4n) is 3.33. The predicted molar refractivity (Wildman–Crippen MR) is 104 cm³/mol. The molecule has 0 spiro atoms. The summed E-state index contributed by atoms with van der Waals surface area (Å²) in [5, 5.41) is 10.3. The third-order valence-electron chi connectivity index (χ3n) is 4.72. The quantitative estimate of drug-likeness (QED) is 0.620. The summed E-state index contributed by atoms with van der Waals surface area (Å²) in [6, 6.07) is 16.7. The number of halogens is 1. The van der Waals surface area contributed by atoms with Crippen LogP contribution in [0.15, 0.2) is 65.7 Å². The zero-order chi connectivity index (χ0) is 19.0. The number of aliphatic carboxylic acids is 1. The van der Waals surface area contributed by atoms with E-state index in [9.17, 15) is 14.1 Å². The summed E-state index contributed by atoms with van der Waals surface area (Å²) in [5.74, 6) is -2.04. The van der Waals surface area contributed by atoms with E-state index >= 15 is 0 Å². The van der Waals surface area contributed by atoms with Gasteiger partial charge >= 0.3 is 5.97 Å². The molecule has 1 heterocycles. The molecule has 3 aromatic rings. The average molecular weight is 381 g/mol. The molecule has 0 saturated carbocycles. The van der Waals surface area contributed by atoms with Crippen molar-refractivity contribution in [2.24, 2.45) is 0 Å². The SMILES string of the molecule is O=C(O)C1=C(C(=O)N(F)c2ccc(-c3cc4ccccc4s3)cc2)CCC1. The number of amides is 1. The smallest absolute Gasteiger partial charge is 0.332 e. The number of benzene rings is 2. The van der Waals surface area contributed by atoms with Crippen LogP contribution in [0.1, 0.15) is 19.3 Å². The van der Waals surface area contributed by atoms with E-state index in [4.69, 9.17) is 5.11 Å². The van der Waals surface area contributed by atoms with Crippen LogP contribution in [0.25, 0.3) is 20.5 Å². The van der Waals surface area contributed by atoms with Gasteiger partial charge in [0.2, 0.25) is 0 Å². The number of rotatable bonds is 4. The summed E-state index contributed by atoms with van der Waals surface area (Å²) in [4.78, 5) is 24.6. The molecule has 1 aromatic heterocycles. The largest absolute Gasteiger partial charge is 0.478 e. The van der Waals surface area contributed by atoms with Crippen LogP contribution in [0.3, 0.4) is 0 Å². The monoisotopic (exact) mass is 381 g/mol. The lowest BCUT2D eigenvalue weighted by molar-refractivity contribution is -0.133. The summed E-state index contributed by atoms with van der Waals surface area (Å²) < 4.78 is 15.8. The Morgan fingerprint density at radius 2 is 1.70 bits per heavy atom. The number of carbonyl (C=O) groups is 2. The number of carboxylic acid groups (broad SMARTS) is 1. The lowest BCUT2D eigenvalue weighted by atomic mass is 10.1. The first-order valence-electron chi connectivity index (χ1n) is 8.59. The Bertz CT molecular complexity index is 1040. The van der Waals surface area contributed by atoms with Crippen LogP contribution < -0.4 is 5.12 Å². The standard InChI is InChI=1S/C21H16FNO3S/c22-23(20(24)16-5-3-6-17(16)21(25)26)15-10-8-13(9-11-15)19-12-14-4-1-2-7-18(14)27-19/h1-2,4,7-12H,3,5-6H2,(H,25,26). The second-order valence-corrected chi connectivity index (χ2v) is 7.48. The molecule has 0 fully saturated rings. The second-order valence-electron chi connectivity index (χ2n) is 6.40. The Morgan fingerprint density at radius 3 is 2.41 bits per heavy atom. The fourth-order valence-corrected chi connectivity index (χ4v) is 4.40. The molecule has 0 atom stereocenters.